The van der Waals surface area contributed by atoms with Gasteiger partial charge < -0.3 is 10.3 Å². The molecule has 0 atom stereocenters. The van der Waals surface area contributed by atoms with Crippen LogP contribution in [0.15, 0.2) is 67.1 Å². The minimum atomic E-state index is -4.78. The van der Waals surface area contributed by atoms with Crippen LogP contribution < -0.4 is 5.32 Å². The number of anilines is 1. The van der Waals surface area contributed by atoms with Crippen molar-refractivity contribution in [2.75, 3.05) is 5.32 Å². The Morgan fingerprint density at radius 3 is 2.52 bits per heavy atom. The van der Waals surface area contributed by atoms with E-state index in [4.69, 9.17) is 12.2 Å². The van der Waals surface area contributed by atoms with Gasteiger partial charge in [-0.15, -0.1) is 0 Å². The number of carbonyl (C=O) groups excluding carboxylic acids is 1. The lowest BCUT2D eigenvalue weighted by atomic mass is 10.2. The number of hydrogen-bond donors (Lipinski definition) is 2. The second kappa shape index (κ2) is 7.88. The fraction of sp³-hybridized carbons (Fsp3) is 0.0952. The van der Waals surface area contributed by atoms with E-state index < -0.39 is 23.3 Å². The second-order valence-corrected chi connectivity index (χ2v) is 7.18. The quantitative estimate of drug-likeness (QED) is 0.421. The third kappa shape index (κ3) is 4.15. The molecule has 2 heterocycles. The summed E-state index contributed by atoms with van der Waals surface area (Å²) in [7, 11) is 0. The van der Waals surface area contributed by atoms with E-state index in [1.807, 2.05) is 6.92 Å². The molecule has 1 amide bonds. The van der Waals surface area contributed by atoms with E-state index in [-0.39, 0.29) is 5.69 Å². The summed E-state index contributed by atoms with van der Waals surface area (Å²) in [4.78, 5) is 15.6. The summed E-state index contributed by atoms with van der Waals surface area (Å²) >= 11 is 5.17. The van der Waals surface area contributed by atoms with Crippen LogP contribution in [0.4, 0.5) is 18.9 Å². The van der Waals surface area contributed by atoms with Crippen molar-refractivity contribution in [1.82, 2.24) is 19.3 Å². The molecule has 0 spiro atoms. The highest BCUT2D eigenvalue weighted by Crippen LogP contribution is 2.34. The summed E-state index contributed by atoms with van der Waals surface area (Å²) in [5.74, 6) is -0.916. The molecular weight excluding hydrogens is 427 g/mol. The van der Waals surface area contributed by atoms with Crippen LogP contribution in [-0.4, -0.2) is 25.2 Å². The first-order valence-electron chi connectivity index (χ1n) is 9.14. The van der Waals surface area contributed by atoms with Gasteiger partial charge in [-0.1, -0.05) is 23.8 Å². The number of nitrogens with one attached hydrogen (secondary N) is 2. The third-order valence-corrected chi connectivity index (χ3v) is 4.91. The zero-order valence-corrected chi connectivity index (χ0v) is 17.0. The number of alkyl halides is 3. The van der Waals surface area contributed by atoms with Crippen LogP contribution in [0.2, 0.25) is 0 Å². The van der Waals surface area contributed by atoms with Gasteiger partial charge in [0.15, 0.2) is 10.5 Å². The number of aromatic amines is 1. The number of halogens is 3. The number of benzene rings is 2. The molecule has 31 heavy (non-hydrogen) atoms. The molecule has 0 radical (unpaired) electrons. The van der Waals surface area contributed by atoms with Gasteiger partial charge in [-0.3, -0.25) is 9.36 Å². The van der Waals surface area contributed by atoms with Gasteiger partial charge in [-0.05, 0) is 49.5 Å². The van der Waals surface area contributed by atoms with E-state index in [2.05, 4.69) is 15.4 Å². The molecule has 0 aliphatic rings. The number of nitrogens with zero attached hydrogens (tertiary/aromatic N) is 3. The van der Waals surface area contributed by atoms with Crippen LogP contribution in [0.1, 0.15) is 21.6 Å². The molecule has 2 aromatic heterocycles. The Labute approximate surface area is 180 Å². The van der Waals surface area contributed by atoms with Crippen molar-refractivity contribution in [3.63, 3.8) is 0 Å². The van der Waals surface area contributed by atoms with Crippen LogP contribution in [-0.2, 0) is 6.18 Å². The molecule has 6 nitrogen and oxygen atoms in total. The van der Waals surface area contributed by atoms with E-state index in [0.29, 0.717) is 16.1 Å². The number of amides is 1. The summed E-state index contributed by atoms with van der Waals surface area (Å²) in [6, 6.07) is 13.0. The normalized spacial score (nSPS) is 11.5. The molecule has 0 aliphatic carbocycles. The molecule has 0 bridgehead atoms. The molecule has 10 heteroatoms. The molecule has 0 saturated carbocycles. The zero-order chi connectivity index (χ0) is 22.2. The van der Waals surface area contributed by atoms with E-state index in [1.54, 1.807) is 53.4 Å². The number of rotatable bonds is 4. The SMILES string of the molecule is Cc1ccc(-n2ncc(C(=O)Nc3cccc(-n4cc[nH]c4=S)c3)c2C(F)(F)F)cc1. The lowest BCUT2D eigenvalue weighted by Gasteiger charge is -2.13. The minimum absolute atomic E-state index is 0.209. The molecule has 4 rings (SSSR count). The lowest BCUT2D eigenvalue weighted by molar-refractivity contribution is -0.143. The standard InChI is InChI=1S/C21H16F3N5OS/c1-13-5-7-15(8-6-13)29-18(21(22,23)24)17(12-26-29)19(30)27-14-3-2-4-16(11-14)28-10-9-25-20(28)31/h2-12H,1H3,(H,25,31)(H,27,30). The van der Waals surface area contributed by atoms with E-state index in [0.717, 1.165) is 16.4 Å². The maximum atomic E-state index is 13.8. The highest BCUT2D eigenvalue weighted by atomic mass is 32.1. The molecule has 158 valence electrons. The van der Waals surface area contributed by atoms with Crippen LogP contribution in [0, 0.1) is 11.7 Å². The first-order chi connectivity index (χ1) is 14.7. The summed E-state index contributed by atoms with van der Waals surface area (Å²) in [6.07, 6.45) is -0.502. The van der Waals surface area contributed by atoms with Gasteiger partial charge >= 0.3 is 6.18 Å². The van der Waals surface area contributed by atoms with E-state index in [1.165, 1.54) is 12.1 Å². The third-order valence-electron chi connectivity index (χ3n) is 4.59. The van der Waals surface area contributed by atoms with Gasteiger partial charge in [0, 0.05) is 23.8 Å². The Morgan fingerprint density at radius 1 is 1.13 bits per heavy atom. The summed E-state index contributed by atoms with van der Waals surface area (Å²) < 4.78 is 44.4. The van der Waals surface area contributed by atoms with Gasteiger partial charge in [-0.25, -0.2) is 4.68 Å². The van der Waals surface area contributed by atoms with E-state index in [9.17, 15) is 18.0 Å². The molecule has 0 saturated heterocycles. The largest absolute Gasteiger partial charge is 0.434 e. The van der Waals surface area contributed by atoms with Crippen molar-refractivity contribution in [3.05, 3.63) is 88.7 Å². The molecule has 0 aliphatic heterocycles. The average molecular weight is 443 g/mol. The number of imidazole rings is 1. The smallest absolute Gasteiger partial charge is 0.337 e. The Balaban J connectivity index is 1.69. The molecule has 2 aromatic carbocycles. The van der Waals surface area contributed by atoms with E-state index >= 15 is 0 Å². The number of carbonyl (C=O) groups is 1. The Hall–Kier alpha value is -3.66. The number of aromatic nitrogens is 4. The van der Waals surface area contributed by atoms with Crippen LogP contribution in [0.5, 0.6) is 0 Å². The minimum Gasteiger partial charge on any atom is -0.337 e. The Kier molecular flexibility index (Phi) is 5.24. The molecule has 0 unspecified atom stereocenters. The first-order valence-corrected chi connectivity index (χ1v) is 9.55. The summed E-state index contributed by atoms with van der Waals surface area (Å²) in [5, 5.41) is 6.35. The zero-order valence-electron chi connectivity index (χ0n) is 16.1. The summed E-state index contributed by atoms with van der Waals surface area (Å²) in [5.41, 5.74) is 0.359. The highest BCUT2D eigenvalue weighted by Gasteiger charge is 2.40. The predicted octanol–water partition coefficient (Wildman–Crippen LogP) is 5.30. The number of hydrogen-bond acceptors (Lipinski definition) is 3. The van der Waals surface area contributed by atoms with Crippen molar-refractivity contribution in [2.45, 2.75) is 13.1 Å². The van der Waals surface area contributed by atoms with Crippen LogP contribution in [0.3, 0.4) is 0 Å². The van der Waals surface area contributed by atoms with Gasteiger partial charge in [0.05, 0.1) is 17.4 Å². The molecule has 0 fully saturated rings. The maximum Gasteiger partial charge on any atom is 0.434 e. The first kappa shape index (κ1) is 20.6. The van der Waals surface area contributed by atoms with Crippen molar-refractivity contribution in [3.8, 4) is 11.4 Å². The maximum absolute atomic E-state index is 13.8. The lowest BCUT2D eigenvalue weighted by Crippen LogP contribution is -2.20. The van der Waals surface area contributed by atoms with Gasteiger partial charge in [-0.2, -0.15) is 18.3 Å². The van der Waals surface area contributed by atoms with Crippen molar-refractivity contribution < 1.29 is 18.0 Å². The number of aryl methyl sites for hydroxylation is 1. The fourth-order valence-electron chi connectivity index (χ4n) is 3.12. The monoisotopic (exact) mass is 443 g/mol. The fourth-order valence-corrected chi connectivity index (χ4v) is 3.36. The van der Waals surface area contributed by atoms with Crippen LogP contribution >= 0.6 is 12.2 Å². The predicted molar refractivity (Wildman–Crippen MR) is 112 cm³/mol. The van der Waals surface area contributed by atoms with Crippen LogP contribution in [0.25, 0.3) is 11.4 Å². The Bertz CT molecular complexity index is 1300. The van der Waals surface area contributed by atoms with Crippen molar-refractivity contribution in [2.24, 2.45) is 0 Å². The van der Waals surface area contributed by atoms with Crippen molar-refractivity contribution >= 4 is 23.8 Å². The highest BCUT2D eigenvalue weighted by molar-refractivity contribution is 7.71. The van der Waals surface area contributed by atoms with Gasteiger partial charge in [0.25, 0.3) is 5.91 Å². The molecule has 2 N–H and O–H groups in total. The second-order valence-electron chi connectivity index (χ2n) is 6.79. The molecule has 4 aromatic rings. The molecular formula is C21H16F3N5OS. The average Bonchev–Trinajstić information content (AvgIpc) is 3.35. The van der Waals surface area contributed by atoms with Gasteiger partial charge in [0.2, 0.25) is 0 Å². The van der Waals surface area contributed by atoms with Crippen molar-refractivity contribution in [1.29, 1.82) is 0 Å². The van der Waals surface area contributed by atoms with Gasteiger partial charge in [0.1, 0.15) is 0 Å². The Morgan fingerprint density at radius 2 is 1.87 bits per heavy atom. The summed E-state index contributed by atoms with van der Waals surface area (Å²) in [6.45, 7) is 1.82. The number of H-pyrrole nitrogens is 1. The topological polar surface area (TPSA) is 67.6 Å².